The van der Waals surface area contributed by atoms with E-state index in [0.29, 0.717) is 5.04 Å². The van der Waals surface area contributed by atoms with Crippen LogP contribution in [0.25, 0.3) is 0 Å². The van der Waals surface area contributed by atoms with E-state index in [-0.39, 0.29) is 13.0 Å². The number of hydrogen-bond acceptors (Lipinski definition) is 5. The Labute approximate surface area is 177 Å². The standard InChI is InChI=1S/C21H29N3O3S2/c1-20(2,26)19-23-12-21(3,28-19)29(22,27)24-18(25)11-14-10-13-6-4-7-15(13)17-9-5-8-16(14)17/h10,26H,4-9,11-12H2,1-3H3,(H2,22,24,25,27). The first-order valence-corrected chi connectivity index (χ1v) is 12.6. The van der Waals surface area contributed by atoms with Crippen molar-refractivity contribution in [3.63, 3.8) is 0 Å². The van der Waals surface area contributed by atoms with Gasteiger partial charge in [0.25, 0.3) is 5.91 Å². The number of fused-ring (bicyclic) bond motifs is 3. The van der Waals surface area contributed by atoms with Crippen LogP contribution in [0, 0.1) is 0 Å². The van der Waals surface area contributed by atoms with Crippen LogP contribution in [0.2, 0.25) is 0 Å². The number of amides is 1. The SMILES string of the molecule is CC(C)(O)C1=NCC(C)(S(N)(=O)=NC(=O)Cc2cc3c(c4c2CCC4)CCC3)S1. The Hall–Kier alpha value is -1.22. The zero-order chi connectivity index (χ0) is 21.0. The van der Waals surface area contributed by atoms with Gasteiger partial charge in [0.05, 0.1) is 13.0 Å². The lowest BCUT2D eigenvalue weighted by Crippen LogP contribution is -2.40. The maximum atomic E-state index is 13.2. The second-order valence-corrected chi connectivity index (χ2v) is 13.0. The lowest BCUT2D eigenvalue weighted by atomic mass is 9.93. The van der Waals surface area contributed by atoms with Crippen molar-refractivity contribution in [2.75, 3.05) is 6.54 Å². The van der Waals surface area contributed by atoms with Gasteiger partial charge in [-0.15, -0.1) is 4.36 Å². The average molecular weight is 436 g/mol. The quantitative estimate of drug-likeness (QED) is 0.758. The van der Waals surface area contributed by atoms with Gasteiger partial charge in [0.15, 0.2) is 0 Å². The molecular formula is C21H29N3O3S2. The molecule has 8 heteroatoms. The van der Waals surface area contributed by atoms with Crippen LogP contribution >= 0.6 is 11.8 Å². The maximum absolute atomic E-state index is 13.2. The van der Waals surface area contributed by atoms with E-state index in [9.17, 15) is 14.1 Å². The number of rotatable bonds is 4. The second-order valence-electron chi connectivity index (χ2n) is 8.98. The molecule has 1 heterocycles. The number of aryl methyl sites for hydroxylation is 1. The fourth-order valence-corrected chi connectivity index (χ4v) is 7.11. The van der Waals surface area contributed by atoms with Crippen LogP contribution in [0.4, 0.5) is 0 Å². The van der Waals surface area contributed by atoms with Gasteiger partial charge >= 0.3 is 0 Å². The summed E-state index contributed by atoms with van der Waals surface area (Å²) in [6, 6.07) is 2.17. The Morgan fingerprint density at radius 1 is 1.28 bits per heavy atom. The lowest BCUT2D eigenvalue weighted by molar-refractivity contribution is -0.117. The van der Waals surface area contributed by atoms with Crippen LogP contribution in [-0.2, 0) is 46.8 Å². The number of benzene rings is 1. The summed E-state index contributed by atoms with van der Waals surface area (Å²) >= 11 is 1.17. The molecule has 29 heavy (non-hydrogen) atoms. The van der Waals surface area contributed by atoms with E-state index in [2.05, 4.69) is 15.4 Å². The van der Waals surface area contributed by atoms with Crippen molar-refractivity contribution in [2.24, 2.45) is 14.5 Å². The number of thioether (sulfide) groups is 1. The van der Waals surface area contributed by atoms with Gasteiger partial charge in [-0.2, -0.15) is 0 Å². The lowest BCUT2D eigenvalue weighted by Gasteiger charge is -2.25. The van der Waals surface area contributed by atoms with E-state index < -0.39 is 25.5 Å². The summed E-state index contributed by atoms with van der Waals surface area (Å²) < 4.78 is 16.2. The molecule has 1 aromatic rings. The van der Waals surface area contributed by atoms with E-state index in [1.54, 1.807) is 20.8 Å². The Balaban J connectivity index is 1.58. The van der Waals surface area contributed by atoms with Crippen molar-refractivity contribution in [3.8, 4) is 0 Å². The van der Waals surface area contributed by atoms with Crippen molar-refractivity contribution in [1.82, 2.24) is 0 Å². The molecule has 6 nitrogen and oxygen atoms in total. The minimum Gasteiger partial charge on any atom is -0.384 e. The molecule has 1 amide bonds. The molecule has 158 valence electrons. The topological polar surface area (TPSA) is 105 Å². The number of carbonyl (C=O) groups excluding carboxylic acids is 1. The van der Waals surface area contributed by atoms with Crippen LogP contribution in [0.15, 0.2) is 15.4 Å². The molecular weight excluding hydrogens is 406 g/mol. The van der Waals surface area contributed by atoms with Crippen LogP contribution in [-0.4, -0.2) is 36.5 Å². The van der Waals surface area contributed by atoms with Gasteiger partial charge in [-0.3, -0.25) is 9.79 Å². The van der Waals surface area contributed by atoms with Gasteiger partial charge in [0, 0.05) is 0 Å². The van der Waals surface area contributed by atoms with Crippen LogP contribution in [0.5, 0.6) is 0 Å². The predicted molar refractivity (Wildman–Crippen MR) is 119 cm³/mol. The molecule has 3 N–H and O–H groups in total. The van der Waals surface area contributed by atoms with Crippen molar-refractivity contribution in [2.45, 2.75) is 75.4 Å². The Morgan fingerprint density at radius 3 is 2.62 bits per heavy atom. The van der Waals surface area contributed by atoms with Crippen molar-refractivity contribution in [3.05, 3.63) is 33.9 Å². The van der Waals surface area contributed by atoms with Gasteiger partial charge in [0.2, 0.25) is 0 Å². The number of nitrogens with zero attached hydrogens (tertiary/aromatic N) is 2. The average Bonchev–Trinajstić information content (AvgIpc) is 3.31. The summed E-state index contributed by atoms with van der Waals surface area (Å²) in [7, 11) is -3.33. The van der Waals surface area contributed by atoms with Gasteiger partial charge in [0.1, 0.15) is 24.6 Å². The first-order valence-electron chi connectivity index (χ1n) is 10.2. The third-order valence-electron chi connectivity index (χ3n) is 6.12. The summed E-state index contributed by atoms with van der Waals surface area (Å²) in [4.78, 5) is 17.1. The molecule has 0 radical (unpaired) electrons. The Bertz CT molecular complexity index is 1030. The van der Waals surface area contributed by atoms with Gasteiger partial charge in [-0.1, -0.05) is 17.8 Å². The van der Waals surface area contributed by atoms with E-state index in [1.165, 1.54) is 40.4 Å². The van der Waals surface area contributed by atoms with Gasteiger partial charge < -0.3 is 5.11 Å². The molecule has 0 saturated carbocycles. The van der Waals surface area contributed by atoms with Crippen molar-refractivity contribution in [1.29, 1.82) is 0 Å². The molecule has 4 rings (SSSR count). The summed E-state index contributed by atoms with van der Waals surface area (Å²) in [5.41, 5.74) is 5.50. The molecule has 0 spiro atoms. The fraction of sp³-hybridized carbons (Fsp3) is 0.619. The van der Waals surface area contributed by atoms with Crippen molar-refractivity contribution < 1.29 is 14.1 Å². The largest absolute Gasteiger partial charge is 0.384 e. The third kappa shape index (κ3) is 3.80. The third-order valence-corrected chi connectivity index (χ3v) is 10.3. The second kappa shape index (κ2) is 7.18. The van der Waals surface area contributed by atoms with E-state index in [4.69, 9.17) is 5.14 Å². The number of carbonyl (C=O) groups is 1. The predicted octanol–water partition coefficient (Wildman–Crippen LogP) is 2.71. The highest BCUT2D eigenvalue weighted by Crippen LogP contribution is 2.40. The highest BCUT2D eigenvalue weighted by Gasteiger charge is 2.45. The molecule has 2 aliphatic carbocycles. The number of hydrogen-bond donors (Lipinski definition) is 2. The summed E-state index contributed by atoms with van der Waals surface area (Å²) in [5.74, 6) is -0.442. The minimum absolute atomic E-state index is 0.143. The zero-order valence-electron chi connectivity index (χ0n) is 17.3. The van der Waals surface area contributed by atoms with Gasteiger partial charge in [-0.25, -0.2) is 9.35 Å². The molecule has 1 aromatic carbocycles. The summed E-state index contributed by atoms with van der Waals surface area (Å²) in [6.45, 7) is 5.11. The van der Waals surface area contributed by atoms with E-state index in [0.717, 1.165) is 37.7 Å². The Morgan fingerprint density at radius 2 is 1.93 bits per heavy atom. The van der Waals surface area contributed by atoms with Crippen LogP contribution in [0.3, 0.4) is 0 Å². The first-order chi connectivity index (χ1) is 13.5. The molecule has 0 aromatic heterocycles. The molecule has 0 saturated heterocycles. The fourth-order valence-electron chi connectivity index (χ4n) is 4.56. The molecule has 2 atom stereocenters. The maximum Gasteiger partial charge on any atom is 0.259 e. The minimum atomic E-state index is -3.33. The molecule has 1 aliphatic heterocycles. The molecule has 2 unspecified atom stereocenters. The van der Waals surface area contributed by atoms with Gasteiger partial charge in [-0.05, 0) is 87.1 Å². The highest BCUT2D eigenvalue weighted by atomic mass is 32.3. The smallest absolute Gasteiger partial charge is 0.259 e. The highest BCUT2D eigenvalue weighted by molar-refractivity contribution is 8.24. The first kappa shape index (κ1) is 21.0. The van der Waals surface area contributed by atoms with Crippen LogP contribution in [0.1, 0.15) is 61.4 Å². The molecule has 0 fully saturated rings. The summed E-state index contributed by atoms with van der Waals surface area (Å²) in [5, 5.41) is 16.7. The van der Waals surface area contributed by atoms with Crippen molar-refractivity contribution >= 4 is 32.6 Å². The number of aliphatic hydroxyl groups is 1. The zero-order valence-corrected chi connectivity index (χ0v) is 18.9. The molecule has 3 aliphatic rings. The molecule has 0 bridgehead atoms. The summed E-state index contributed by atoms with van der Waals surface area (Å²) in [6.07, 6.45) is 6.76. The normalized spacial score (nSPS) is 25.3. The monoisotopic (exact) mass is 435 g/mol. The Kier molecular flexibility index (Phi) is 5.21. The number of aliphatic imine (C=N–C) groups is 1. The van der Waals surface area contributed by atoms with E-state index in [1.807, 2.05) is 0 Å². The number of nitrogens with two attached hydrogens (primary N) is 1. The van der Waals surface area contributed by atoms with Crippen LogP contribution < -0.4 is 5.14 Å². The van der Waals surface area contributed by atoms with E-state index >= 15 is 0 Å².